The van der Waals surface area contributed by atoms with E-state index in [1.165, 1.54) is 127 Å². The van der Waals surface area contributed by atoms with Crippen LogP contribution in [-0.2, 0) is 30.7 Å². The van der Waals surface area contributed by atoms with Gasteiger partial charge in [-0.15, -0.1) is 54.1 Å². The van der Waals surface area contributed by atoms with Gasteiger partial charge in [-0.2, -0.15) is 48.0 Å². The fourth-order valence-corrected chi connectivity index (χ4v) is 7.57. The van der Waals surface area contributed by atoms with Crippen molar-refractivity contribution in [1.29, 1.82) is 0 Å². The van der Waals surface area contributed by atoms with Crippen LogP contribution in [0.3, 0.4) is 0 Å². The van der Waals surface area contributed by atoms with Gasteiger partial charge in [0, 0.05) is 0 Å². The molecule has 292 valence electrons. The van der Waals surface area contributed by atoms with Crippen molar-refractivity contribution < 1.29 is 24.2 Å². The first-order chi connectivity index (χ1) is 24.8. The molecule has 2 aliphatic carbocycles. The zero-order chi connectivity index (χ0) is 38.0. The van der Waals surface area contributed by atoms with Gasteiger partial charge < -0.3 is 7.43 Å². The van der Waals surface area contributed by atoms with Crippen LogP contribution < -0.4 is 0 Å². The summed E-state index contributed by atoms with van der Waals surface area (Å²) in [5.41, 5.74) is 20.5. The van der Waals surface area contributed by atoms with Crippen LogP contribution in [0.2, 0.25) is 0 Å². The molecule has 0 aromatic heterocycles. The monoisotopic (exact) mass is 846 g/mol. The minimum atomic E-state index is 0. The second kappa shape index (κ2) is 23.2. The van der Waals surface area contributed by atoms with Crippen LogP contribution in [0.5, 0.6) is 0 Å². The third-order valence-electron chi connectivity index (χ3n) is 9.88. The third kappa shape index (κ3) is 13.2. The van der Waals surface area contributed by atoms with Crippen LogP contribution in [-0.4, -0.2) is 4.21 Å². The molecule has 7 rings (SSSR count). The molecule has 1 atom stereocenters. The molecule has 0 radical (unpaired) electrons. The quantitative estimate of drug-likeness (QED) is 0.152. The van der Waals surface area contributed by atoms with Crippen molar-refractivity contribution in [2.75, 3.05) is 0 Å². The van der Waals surface area contributed by atoms with Crippen molar-refractivity contribution in [3.63, 3.8) is 0 Å². The number of halogens is 2. The Morgan fingerprint density at radius 2 is 1.27 bits per heavy atom. The van der Waals surface area contributed by atoms with Crippen molar-refractivity contribution in [2.45, 2.75) is 94.9 Å². The van der Waals surface area contributed by atoms with E-state index in [0.717, 1.165) is 6.42 Å². The zero-order valence-electron chi connectivity index (χ0n) is 35.2. The molecule has 0 nitrogen and oxygen atoms in total. The molecule has 0 amide bonds. The van der Waals surface area contributed by atoms with Gasteiger partial charge in [0.25, 0.3) is 0 Å². The summed E-state index contributed by atoms with van der Waals surface area (Å²) in [6.07, 6.45) is 12.8. The zero-order valence-corrected chi connectivity index (χ0v) is 39.3. The predicted octanol–water partition coefficient (Wildman–Crippen LogP) is 15.1. The minimum absolute atomic E-state index is 0. The standard InChI is InChI=1S/C31H29.C13H21.C6H5.CH3.CH2.2ClH.Zr/c1-18-11-20(3)30(21(4)12-18)24-7-9-28-26(15-24)17-27-16-25(8-10-29(27)28)31-22(5)13-19(2)14-23(31)6;1-5-6-7-11-8-9-12(10-11)13(2,3)4;1-2-4-6-5-3-1;;;;;/h7-15H,17H2,1-6H3;9-11H,5-7H2,1-4H3;1-5H;1H3;1H2;2*1H;/q4*-1;;;;. The number of rotatable bonds is 5. The molecule has 3 heteroatoms. The first-order valence-electron chi connectivity index (χ1n) is 18.8. The Balaban J connectivity index is 0.000000525. The van der Waals surface area contributed by atoms with E-state index in [0.29, 0.717) is 11.3 Å². The number of benzene rings is 5. The topological polar surface area (TPSA) is 0 Å². The molecular formula is C52H62Cl2Zr-4. The van der Waals surface area contributed by atoms with Gasteiger partial charge in [-0.05, 0) is 75.8 Å². The van der Waals surface area contributed by atoms with Gasteiger partial charge >= 0.3 is 28.4 Å². The number of aryl methyl sites for hydroxylation is 6. The smallest absolute Gasteiger partial charge is 0.171 e. The van der Waals surface area contributed by atoms with E-state index < -0.39 is 0 Å². The third-order valence-corrected chi connectivity index (χ3v) is 9.88. The Labute approximate surface area is 363 Å². The van der Waals surface area contributed by atoms with Crippen molar-refractivity contribution in [3.8, 4) is 33.4 Å². The molecule has 0 spiro atoms. The molecule has 0 saturated heterocycles. The molecule has 0 N–H and O–H groups in total. The first-order valence-corrected chi connectivity index (χ1v) is 20.5. The maximum atomic E-state index is 3.78. The molecule has 55 heavy (non-hydrogen) atoms. The fourth-order valence-electron chi connectivity index (χ4n) is 7.57. The van der Waals surface area contributed by atoms with Crippen LogP contribution >= 0.6 is 24.8 Å². The van der Waals surface area contributed by atoms with Gasteiger partial charge in [-0.3, -0.25) is 6.08 Å². The summed E-state index contributed by atoms with van der Waals surface area (Å²) in [7, 11) is 0. The van der Waals surface area contributed by atoms with Gasteiger partial charge in [0.15, 0.2) is 0 Å². The van der Waals surface area contributed by atoms with Crippen LogP contribution in [0.1, 0.15) is 91.5 Å². The predicted molar refractivity (Wildman–Crippen MR) is 244 cm³/mol. The van der Waals surface area contributed by atoms with E-state index in [-0.39, 0.29) is 32.2 Å². The number of fused-ring (bicyclic) bond motifs is 3. The maximum Gasteiger partial charge on any atom is -0.171 e. The number of allylic oxidation sites excluding steroid dienone is 4. The minimum Gasteiger partial charge on any atom is -0.358 e. The van der Waals surface area contributed by atoms with E-state index >= 15 is 0 Å². The second-order valence-corrected chi connectivity index (χ2v) is 15.4. The summed E-state index contributed by atoms with van der Waals surface area (Å²) in [6, 6.07) is 37.0. The van der Waals surface area contributed by atoms with Gasteiger partial charge in [0.2, 0.25) is 0 Å². The number of hydrogen-bond acceptors (Lipinski definition) is 0. The molecule has 0 saturated carbocycles. The molecule has 0 aliphatic heterocycles. The SMILES string of the molecule is CCCCC1[C-]=CC(C(C)(C)C)=C1.Cc1cc(C)c(-c2[c-]c3c(cc2)-c2ccc(-c4c(C)cc(C)cc4C)cc2C3)c(C)c1.Cl.Cl.[CH2]=[Zr].[CH3-].[c-]1ccccc1. The van der Waals surface area contributed by atoms with Crippen molar-refractivity contribution >= 4 is 29.0 Å². The summed E-state index contributed by atoms with van der Waals surface area (Å²) >= 11 is 1.30. The largest absolute Gasteiger partial charge is 0.358 e. The van der Waals surface area contributed by atoms with Crippen LogP contribution in [0.25, 0.3) is 33.4 Å². The molecule has 5 aromatic rings. The Hall–Kier alpha value is -3.09. The van der Waals surface area contributed by atoms with E-state index in [1.54, 1.807) is 0 Å². The van der Waals surface area contributed by atoms with E-state index in [9.17, 15) is 0 Å². The molecular weight excluding hydrogens is 787 g/mol. The van der Waals surface area contributed by atoms with Crippen molar-refractivity contribution in [2.24, 2.45) is 11.3 Å². The van der Waals surface area contributed by atoms with Crippen LogP contribution in [0.4, 0.5) is 0 Å². The summed E-state index contributed by atoms with van der Waals surface area (Å²) in [4.78, 5) is 0. The maximum absolute atomic E-state index is 3.78. The van der Waals surface area contributed by atoms with Gasteiger partial charge in [-0.1, -0.05) is 140 Å². The number of unbranched alkanes of at least 4 members (excludes halogenated alkanes) is 1. The van der Waals surface area contributed by atoms with Gasteiger partial charge in [0.1, 0.15) is 0 Å². The summed E-state index contributed by atoms with van der Waals surface area (Å²) in [5, 5.41) is 0. The second-order valence-electron chi connectivity index (χ2n) is 15.4. The molecule has 5 aromatic carbocycles. The fraction of sp³-hybridized carbons (Fsp3) is 0.308. The number of hydrogen-bond donors (Lipinski definition) is 0. The Morgan fingerprint density at radius 3 is 1.75 bits per heavy atom. The molecule has 0 bridgehead atoms. The summed E-state index contributed by atoms with van der Waals surface area (Å²) in [5.74, 6) is 0.592. The van der Waals surface area contributed by atoms with Gasteiger partial charge in [-0.25, -0.2) is 6.08 Å². The summed E-state index contributed by atoms with van der Waals surface area (Å²) in [6.45, 7) is 22.3. The van der Waals surface area contributed by atoms with Crippen LogP contribution in [0.15, 0.2) is 103 Å². The Kier molecular flexibility index (Phi) is 21.1. The van der Waals surface area contributed by atoms with E-state index in [1.807, 2.05) is 30.3 Å². The average Bonchev–Trinajstić information content (AvgIpc) is 3.73. The first kappa shape index (κ1) is 49.9. The molecule has 0 fully saturated rings. The molecule has 2 aliphatic rings. The Bertz CT molecular complexity index is 1850. The average molecular weight is 849 g/mol. The van der Waals surface area contributed by atoms with Crippen molar-refractivity contribution in [3.05, 3.63) is 173 Å². The molecule has 1 unspecified atom stereocenters. The van der Waals surface area contributed by atoms with E-state index in [2.05, 4.69) is 158 Å². The molecule has 0 heterocycles. The normalized spacial score (nSPS) is 13.0. The Morgan fingerprint density at radius 1 is 0.727 bits per heavy atom. The van der Waals surface area contributed by atoms with Gasteiger partial charge in [0.05, 0.1) is 0 Å². The van der Waals surface area contributed by atoms with Crippen molar-refractivity contribution in [1.82, 2.24) is 0 Å². The van der Waals surface area contributed by atoms with E-state index in [4.69, 9.17) is 0 Å². The summed E-state index contributed by atoms with van der Waals surface area (Å²) < 4.78 is 3.34. The van der Waals surface area contributed by atoms with Crippen LogP contribution in [0, 0.1) is 78.5 Å².